The van der Waals surface area contributed by atoms with E-state index in [2.05, 4.69) is 0 Å². The summed E-state index contributed by atoms with van der Waals surface area (Å²) in [5, 5.41) is 0. The van der Waals surface area contributed by atoms with Gasteiger partial charge in [-0.25, -0.2) is 0 Å². The van der Waals surface area contributed by atoms with E-state index in [9.17, 15) is 4.79 Å². The SMILES string of the molecule is CC[C@]1([C@H](C)OC)O[CH-][C@H](OC(C)=O)[C@@H]1OC.[U]. The molecule has 104 valence electrons. The third kappa shape index (κ3) is 3.49. The van der Waals surface area contributed by atoms with Gasteiger partial charge in [-0.2, -0.15) is 6.61 Å². The van der Waals surface area contributed by atoms with Gasteiger partial charge in [-0.15, -0.1) is 0 Å². The van der Waals surface area contributed by atoms with E-state index in [1.165, 1.54) is 13.5 Å². The zero-order chi connectivity index (χ0) is 13.1. The first-order valence-corrected chi connectivity index (χ1v) is 5.75. The Morgan fingerprint density at radius 1 is 1.50 bits per heavy atom. The molecule has 0 bridgehead atoms. The Bertz CT molecular complexity index is 273. The van der Waals surface area contributed by atoms with Crippen molar-refractivity contribution in [2.75, 3.05) is 14.2 Å². The molecule has 1 fully saturated rings. The molecule has 0 spiro atoms. The molecule has 5 nitrogen and oxygen atoms in total. The van der Waals surface area contributed by atoms with Gasteiger partial charge in [-0.05, 0) is 13.3 Å². The van der Waals surface area contributed by atoms with Gasteiger partial charge in [0, 0.05) is 58.4 Å². The molecule has 1 heterocycles. The van der Waals surface area contributed by atoms with Crippen LogP contribution in [-0.4, -0.2) is 44.1 Å². The zero-order valence-electron chi connectivity index (χ0n) is 11.6. The molecule has 0 N–H and O–H groups in total. The summed E-state index contributed by atoms with van der Waals surface area (Å²) in [7, 11) is 3.20. The Labute approximate surface area is 132 Å². The van der Waals surface area contributed by atoms with Crippen LogP contribution in [0.5, 0.6) is 0 Å². The van der Waals surface area contributed by atoms with Crippen molar-refractivity contribution in [3.05, 3.63) is 6.61 Å². The van der Waals surface area contributed by atoms with Crippen LogP contribution in [-0.2, 0) is 23.7 Å². The second-order valence-corrected chi connectivity index (χ2v) is 4.17. The molecule has 1 aliphatic heterocycles. The fourth-order valence-corrected chi connectivity index (χ4v) is 2.32. The predicted molar refractivity (Wildman–Crippen MR) is 61.2 cm³/mol. The van der Waals surface area contributed by atoms with E-state index in [1.807, 2.05) is 13.8 Å². The Morgan fingerprint density at radius 2 is 2.11 bits per heavy atom. The molecule has 4 atom stereocenters. The first-order chi connectivity index (χ1) is 8.01. The summed E-state index contributed by atoms with van der Waals surface area (Å²) in [6.07, 6.45) is -0.301. The number of rotatable bonds is 5. The second kappa shape index (κ2) is 7.86. The number of hydrogen-bond donors (Lipinski definition) is 0. The first-order valence-electron chi connectivity index (χ1n) is 5.75. The normalized spacial score (nSPS) is 32.7. The molecule has 0 aliphatic carbocycles. The molecule has 6 heteroatoms. The van der Waals surface area contributed by atoms with Gasteiger partial charge >= 0.3 is 0 Å². The maximum absolute atomic E-state index is 11.0. The number of ether oxygens (including phenoxy) is 4. The van der Waals surface area contributed by atoms with Crippen LogP contribution < -0.4 is 0 Å². The van der Waals surface area contributed by atoms with Gasteiger partial charge in [0.2, 0.25) is 0 Å². The van der Waals surface area contributed by atoms with Crippen molar-refractivity contribution in [1.82, 2.24) is 0 Å². The maximum atomic E-state index is 11.0. The van der Waals surface area contributed by atoms with Crippen LogP contribution in [0.4, 0.5) is 0 Å². The van der Waals surface area contributed by atoms with Crippen LogP contribution in [0.15, 0.2) is 0 Å². The summed E-state index contributed by atoms with van der Waals surface area (Å²) in [5.74, 6) is -0.353. The summed E-state index contributed by atoms with van der Waals surface area (Å²) in [6, 6.07) is 0. The Morgan fingerprint density at radius 3 is 2.50 bits per heavy atom. The predicted octanol–water partition coefficient (Wildman–Crippen LogP) is 1.31. The number of hydrogen-bond acceptors (Lipinski definition) is 5. The van der Waals surface area contributed by atoms with Crippen molar-refractivity contribution in [2.45, 2.75) is 51.1 Å². The second-order valence-electron chi connectivity index (χ2n) is 4.17. The van der Waals surface area contributed by atoms with Crippen molar-refractivity contribution >= 4 is 5.97 Å². The van der Waals surface area contributed by atoms with Gasteiger partial charge in [-0.3, -0.25) is 4.79 Å². The van der Waals surface area contributed by atoms with E-state index >= 15 is 0 Å². The molecule has 0 aromatic carbocycles. The van der Waals surface area contributed by atoms with Crippen LogP contribution >= 0.6 is 0 Å². The molecule has 1 saturated heterocycles. The fourth-order valence-electron chi connectivity index (χ4n) is 2.32. The standard InChI is InChI=1S/C12H21O5.U/c1-6-12(8(2)14-4)11(15-5)10(7-16-12)17-9(3)13;/h7-8,10-11H,6H2,1-5H3;/q-1;/t8-,10-,11-,12+;/m0./s1. The number of carbonyl (C=O) groups excluding carboxylic acids is 1. The summed E-state index contributed by atoms with van der Waals surface area (Å²) >= 11 is 0. The Hall–Kier alpha value is 0.402. The minimum Gasteiger partial charge on any atom is -0.540 e. The van der Waals surface area contributed by atoms with E-state index in [-0.39, 0.29) is 49.3 Å². The van der Waals surface area contributed by atoms with Crippen molar-refractivity contribution in [1.29, 1.82) is 0 Å². The maximum Gasteiger partial charge on any atom is 0.300 e. The van der Waals surface area contributed by atoms with Gasteiger partial charge in [0.1, 0.15) is 0 Å². The number of carbonyl (C=O) groups is 1. The molecule has 18 heavy (non-hydrogen) atoms. The molecular weight excluding hydrogens is 462 g/mol. The molecule has 0 aromatic heterocycles. The minimum absolute atomic E-state index is 0. The summed E-state index contributed by atoms with van der Waals surface area (Å²) < 4.78 is 21.7. The van der Waals surface area contributed by atoms with Crippen molar-refractivity contribution in [3.63, 3.8) is 0 Å². The topological polar surface area (TPSA) is 54.0 Å². The van der Waals surface area contributed by atoms with Gasteiger partial charge in [-0.1, -0.05) is 6.92 Å². The van der Waals surface area contributed by atoms with E-state index in [1.54, 1.807) is 14.2 Å². The largest absolute Gasteiger partial charge is 0.540 e. The van der Waals surface area contributed by atoms with E-state index in [4.69, 9.17) is 18.9 Å². The van der Waals surface area contributed by atoms with Crippen molar-refractivity contribution in [3.8, 4) is 0 Å². The van der Waals surface area contributed by atoms with Crippen LogP contribution in [0.25, 0.3) is 0 Å². The number of methoxy groups -OCH3 is 2. The van der Waals surface area contributed by atoms with E-state index in [0.29, 0.717) is 6.42 Å². The minimum atomic E-state index is -0.608. The average molecular weight is 483 g/mol. The molecule has 0 radical (unpaired) electrons. The Balaban J connectivity index is 0.00000289. The third-order valence-electron chi connectivity index (χ3n) is 3.35. The summed E-state index contributed by atoms with van der Waals surface area (Å²) in [4.78, 5) is 11.0. The fraction of sp³-hybridized carbons (Fsp3) is 0.833. The van der Waals surface area contributed by atoms with Gasteiger partial charge in [0.05, 0.1) is 17.8 Å². The van der Waals surface area contributed by atoms with Crippen LogP contribution in [0.2, 0.25) is 0 Å². The third-order valence-corrected chi connectivity index (χ3v) is 3.35. The monoisotopic (exact) mass is 483 g/mol. The Kier molecular flexibility index (Phi) is 8.04. The summed E-state index contributed by atoms with van der Waals surface area (Å²) in [5.41, 5.74) is -0.608. The molecule has 1 rings (SSSR count). The molecule has 1 aliphatic rings. The van der Waals surface area contributed by atoms with Gasteiger partial charge in [0.25, 0.3) is 5.97 Å². The molecule has 0 aromatic rings. The van der Waals surface area contributed by atoms with Crippen LogP contribution in [0, 0.1) is 37.7 Å². The molecular formula is C12H21O5U-. The summed E-state index contributed by atoms with van der Waals surface area (Å²) in [6.45, 7) is 6.80. The van der Waals surface area contributed by atoms with Crippen LogP contribution in [0.1, 0.15) is 27.2 Å². The molecule has 0 saturated carbocycles. The van der Waals surface area contributed by atoms with Crippen molar-refractivity contribution < 1.29 is 54.9 Å². The van der Waals surface area contributed by atoms with Gasteiger partial charge in [0.15, 0.2) is 0 Å². The zero-order valence-corrected chi connectivity index (χ0v) is 15.7. The van der Waals surface area contributed by atoms with Gasteiger partial charge < -0.3 is 18.9 Å². The van der Waals surface area contributed by atoms with E-state index < -0.39 is 11.7 Å². The average Bonchev–Trinajstić information content (AvgIpc) is 2.66. The molecule has 0 unspecified atom stereocenters. The molecule has 0 amide bonds. The smallest absolute Gasteiger partial charge is 0.300 e. The quantitative estimate of drug-likeness (QED) is 0.436. The number of esters is 1. The van der Waals surface area contributed by atoms with E-state index in [0.717, 1.165) is 0 Å². The first kappa shape index (κ1) is 18.4. The van der Waals surface area contributed by atoms with Crippen LogP contribution in [0.3, 0.4) is 0 Å². The van der Waals surface area contributed by atoms with Crippen molar-refractivity contribution in [2.24, 2.45) is 0 Å².